The minimum Gasteiger partial charge on any atom is -0.339 e. The van der Waals surface area contributed by atoms with E-state index in [0.29, 0.717) is 10.0 Å². The zero-order chi connectivity index (χ0) is 14.2. The van der Waals surface area contributed by atoms with E-state index in [9.17, 15) is 4.79 Å². The van der Waals surface area contributed by atoms with Gasteiger partial charge in [0.05, 0.1) is 15.5 Å². The van der Waals surface area contributed by atoms with Gasteiger partial charge in [-0.2, -0.15) is 0 Å². The quantitative estimate of drug-likeness (QED) is 0.889. The first-order chi connectivity index (χ1) is 9.63. The van der Waals surface area contributed by atoms with Crippen LogP contribution in [0.25, 0.3) is 0 Å². The summed E-state index contributed by atoms with van der Waals surface area (Å²) in [6.07, 6.45) is 2.92. The summed E-state index contributed by atoms with van der Waals surface area (Å²) in [5.74, 6) is 0.253. The van der Waals surface area contributed by atoms with Crippen LogP contribution in [0.5, 0.6) is 0 Å². The number of amides is 1. The van der Waals surface area contributed by atoms with Gasteiger partial charge in [-0.25, -0.2) is 0 Å². The Bertz CT molecular complexity index is 526. The molecule has 21 heavy (non-hydrogen) atoms. The van der Waals surface area contributed by atoms with Crippen molar-refractivity contribution in [2.45, 2.75) is 24.7 Å². The molecule has 116 valence electrons. The van der Waals surface area contributed by atoms with Crippen molar-refractivity contribution < 1.29 is 4.79 Å². The van der Waals surface area contributed by atoms with Crippen LogP contribution in [0.4, 0.5) is 0 Å². The maximum atomic E-state index is 12.9. The van der Waals surface area contributed by atoms with Crippen LogP contribution in [0.2, 0.25) is 10.0 Å². The van der Waals surface area contributed by atoms with Crippen LogP contribution in [0.3, 0.4) is 0 Å². The van der Waals surface area contributed by atoms with Gasteiger partial charge < -0.3 is 10.2 Å². The van der Waals surface area contributed by atoms with Crippen LogP contribution in [-0.4, -0.2) is 37.0 Å². The van der Waals surface area contributed by atoms with Gasteiger partial charge in [0.25, 0.3) is 0 Å². The summed E-state index contributed by atoms with van der Waals surface area (Å²) < 4.78 is 0. The Morgan fingerprint density at radius 2 is 1.81 bits per heavy atom. The van der Waals surface area contributed by atoms with Crippen molar-refractivity contribution in [2.24, 2.45) is 0 Å². The van der Waals surface area contributed by atoms with Crippen molar-refractivity contribution in [1.29, 1.82) is 0 Å². The van der Waals surface area contributed by atoms with Crippen LogP contribution in [0.1, 0.15) is 24.8 Å². The van der Waals surface area contributed by atoms with Gasteiger partial charge in [-0.05, 0) is 30.5 Å². The lowest BCUT2D eigenvalue weighted by Gasteiger charge is -2.45. The molecule has 1 N–H and O–H groups in total. The summed E-state index contributed by atoms with van der Waals surface area (Å²) in [7, 11) is 0. The molecule has 0 bridgehead atoms. The standard InChI is InChI=1S/C15H18Cl2N2O.ClH/c16-12-3-2-11(10-13(12)17)15(4-1-5-15)14(20)19-8-6-18-7-9-19;/h2-3,10,18H,1,4-9H2;1H. The zero-order valence-electron chi connectivity index (χ0n) is 11.7. The first-order valence-corrected chi connectivity index (χ1v) is 7.85. The highest BCUT2D eigenvalue weighted by molar-refractivity contribution is 6.42. The summed E-state index contributed by atoms with van der Waals surface area (Å²) in [4.78, 5) is 14.9. The van der Waals surface area contributed by atoms with Gasteiger partial charge in [-0.3, -0.25) is 4.79 Å². The van der Waals surface area contributed by atoms with Crippen molar-refractivity contribution in [3.63, 3.8) is 0 Å². The molecule has 6 heteroatoms. The molecule has 1 aliphatic heterocycles. The maximum Gasteiger partial charge on any atom is 0.233 e. The van der Waals surface area contributed by atoms with E-state index in [-0.39, 0.29) is 23.7 Å². The molecule has 1 aromatic rings. The predicted molar refractivity (Wildman–Crippen MR) is 88.7 cm³/mol. The third-order valence-corrected chi connectivity index (χ3v) is 5.23. The number of carbonyl (C=O) groups is 1. The maximum absolute atomic E-state index is 12.9. The number of hydrogen-bond donors (Lipinski definition) is 1. The second-order valence-electron chi connectivity index (χ2n) is 5.61. The second kappa shape index (κ2) is 6.74. The third kappa shape index (κ3) is 3.02. The Morgan fingerprint density at radius 3 is 2.33 bits per heavy atom. The number of benzene rings is 1. The van der Waals surface area contributed by atoms with Gasteiger partial charge in [0.1, 0.15) is 0 Å². The van der Waals surface area contributed by atoms with Gasteiger partial charge in [-0.1, -0.05) is 35.7 Å². The predicted octanol–water partition coefficient (Wildman–Crippen LogP) is 3.27. The molecule has 1 saturated carbocycles. The van der Waals surface area contributed by atoms with Crippen molar-refractivity contribution in [3.8, 4) is 0 Å². The Morgan fingerprint density at radius 1 is 1.14 bits per heavy atom. The fourth-order valence-corrected chi connectivity index (χ4v) is 3.42. The Labute approximate surface area is 141 Å². The van der Waals surface area contributed by atoms with E-state index in [1.807, 2.05) is 17.0 Å². The molecule has 1 aromatic carbocycles. The second-order valence-corrected chi connectivity index (χ2v) is 6.42. The molecular formula is C15H19Cl3N2O. The van der Waals surface area contributed by atoms with Crippen LogP contribution in [-0.2, 0) is 10.2 Å². The topological polar surface area (TPSA) is 32.3 Å². The van der Waals surface area contributed by atoms with Gasteiger partial charge in [0.2, 0.25) is 5.91 Å². The Kier molecular flexibility index (Phi) is 5.42. The summed E-state index contributed by atoms with van der Waals surface area (Å²) in [6, 6.07) is 5.61. The Hall–Kier alpha value is -0.480. The number of hydrogen-bond acceptors (Lipinski definition) is 2. The fourth-order valence-electron chi connectivity index (χ4n) is 3.12. The number of nitrogens with zero attached hydrogens (tertiary/aromatic N) is 1. The highest BCUT2D eigenvalue weighted by Crippen LogP contribution is 2.46. The molecule has 3 rings (SSSR count). The molecule has 0 aromatic heterocycles. The largest absolute Gasteiger partial charge is 0.339 e. The van der Waals surface area contributed by atoms with E-state index in [2.05, 4.69) is 5.32 Å². The van der Waals surface area contributed by atoms with Crippen molar-refractivity contribution in [2.75, 3.05) is 26.2 Å². The lowest BCUT2D eigenvalue weighted by atomic mass is 9.63. The molecule has 0 atom stereocenters. The molecule has 2 aliphatic rings. The molecule has 3 nitrogen and oxygen atoms in total. The number of carbonyl (C=O) groups excluding carboxylic acids is 1. The number of halogens is 3. The van der Waals surface area contributed by atoms with E-state index < -0.39 is 0 Å². The molecule has 0 unspecified atom stereocenters. The highest BCUT2D eigenvalue weighted by Gasteiger charge is 2.47. The smallest absolute Gasteiger partial charge is 0.233 e. The number of piperazine rings is 1. The summed E-state index contributed by atoms with van der Waals surface area (Å²) in [5, 5.41) is 4.35. The highest BCUT2D eigenvalue weighted by atomic mass is 35.5. The molecule has 1 saturated heterocycles. The monoisotopic (exact) mass is 348 g/mol. The normalized spacial score (nSPS) is 20.4. The molecule has 1 amide bonds. The van der Waals surface area contributed by atoms with Gasteiger partial charge in [0.15, 0.2) is 0 Å². The van der Waals surface area contributed by atoms with Gasteiger partial charge in [-0.15, -0.1) is 12.4 Å². The van der Waals surface area contributed by atoms with E-state index in [1.54, 1.807) is 6.07 Å². The molecule has 2 fully saturated rings. The summed E-state index contributed by atoms with van der Waals surface area (Å²) in [5.41, 5.74) is 0.646. The molecule has 1 aliphatic carbocycles. The lowest BCUT2D eigenvalue weighted by Crippen LogP contribution is -2.56. The minimum atomic E-state index is -0.369. The van der Waals surface area contributed by atoms with Crippen molar-refractivity contribution >= 4 is 41.5 Å². The number of rotatable bonds is 2. The van der Waals surface area contributed by atoms with E-state index in [1.165, 1.54) is 0 Å². The SMILES string of the molecule is Cl.O=C(N1CCNCC1)C1(c2ccc(Cl)c(Cl)c2)CCC1. The number of nitrogens with one attached hydrogen (secondary N) is 1. The Balaban J connectivity index is 0.00000161. The minimum absolute atomic E-state index is 0. The first-order valence-electron chi connectivity index (χ1n) is 7.09. The van der Waals surface area contributed by atoms with Crippen molar-refractivity contribution in [3.05, 3.63) is 33.8 Å². The fraction of sp³-hybridized carbons (Fsp3) is 0.533. The van der Waals surface area contributed by atoms with Crippen LogP contribution >= 0.6 is 35.6 Å². The summed E-state index contributed by atoms with van der Waals surface area (Å²) >= 11 is 12.1. The van der Waals surface area contributed by atoms with Crippen LogP contribution < -0.4 is 5.32 Å². The molecule has 0 radical (unpaired) electrons. The first kappa shape index (κ1) is 16.9. The zero-order valence-corrected chi connectivity index (χ0v) is 14.0. The molecule has 1 heterocycles. The van der Waals surface area contributed by atoms with E-state index in [0.717, 1.165) is 51.0 Å². The van der Waals surface area contributed by atoms with E-state index >= 15 is 0 Å². The van der Waals surface area contributed by atoms with Gasteiger partial charge >= 0.3 is 0 Å². The van der Waals surface area contributed by atoms with Crippen LogP contribution in [0.15, 0.2) is 18.2 Å². The lowest BCUT2D eigenvalue weighted by molar-refractivity contribution is -0.141. The van der Waals surface area contributed by atoms with E-state index in [4.69, 9.17) is 23.2 Å². The average molecular weight is 350 g/mol. The molecule has 0 spiro atoms. The van der Waals surface area contributed by atoms with Gasteiger partial charge in [0, 0.05) is 26.2 Å². The summed E-state index contributed by atoms with van der Waals surface area (Å²) in [6.45, 7) is 3.34. The van der Waals surface area contributed by atoms with Crippen LogP contribution in [0, 0.1) is 0 Å². The van der Waals surface area contributed by atoms with Crippen molar-refractivity contribution in [1.82, 2.24) is 10.2 Å². The molecular weight excluding hydrogens is 331 g/mol. The third-order valence-electron chi connectivity index (χ3n) is 4.49. The average Bonchev–Trinajstić information content (AvgIpc) is 2.42.